The van der Waals surface area contributed by atoms with Crippen LogP contribution in [0.1, 0.15) is 22.3 Å². The molecule has 8 nitrogen and oxygen atoms in total. The number of amides is 1. The molecule has 2 aliphatic heterocycles. The molecule has 1 amide bonds. The van der Waals surface area contributed by atoms with Crippen LogP contribution < -0.4 is 4.74 Å². The van der Waals surface area contributed by atoms with Crippen LogP contribution in [0.15, 0.2) is 88.9 Å². The number of hydrazone groups is 1. The van der Waals surface area contributed by atoms with Gasteiger partial charge in [0.15, 0.2) is 5.84 Å². The lowest BCUT2D eigenvalue weighted by Crippen LogP contribution is -2.35. The van der Waals surface area contributed by atoms with Gasteiger partial charge in [-0.15, -0.1) is 0 Å². The van der Waals surface area contributed by atoms with E-state index in [0.29, 0.717) is 23.4 Å². The van der Waals surface area contributed by atoms with Crippen LogP contribution in [0.4, 0.5) is 0 Å². The summed E-state index contributed by atoms with van der Waals surface area (Å²) in [5.41, 5.74) is 5.20. The molecule has 1 N–H and O–H groups in total. The number of thioether (sulfide) groups is 1. The monoisotopic (exact) mass is 520 g/mol. The van der Waals surface area contributed by atoms with Crippen molar-refractivity contribution in [3.05, 3.63) is 101 Å². The third kappa shape index (κ3) is 4.52. The molecule has 0 saturated heterocycles. The molecule has 4 heterocycles. The third-order valence-corrected chi connectivity index (χ3v) is 7.24. The number of aryl methyl sites for hydroxylation is 2. The molecule has 0 aliphatic carbocycles. The molecule has 4 aromatic rings. The number of nitrogens with zero attached hydrogens (tertiary/aromatic N) is 5. The molecule has 0 fully saturated rings. The van der Waals surface area contributed by atoms with Gasteiger partial charge < -0.3 is 9.30 Å². The number of aliphatic imine (C=N–C) groups is 1. The average Bonchev–Trinajstić information content (AvgIpc) is 3.48. The summed E-state index contributed by atoms with van der Waals surface area (Å²) in [6.45, 7) is 5.24. The number of benzene rings is 2. The van der Waals surface area contributed by atoms with Gasteiger partial charge in [-0.3, -0.25) is 15.2 Å². The Morgan fingerprint density at radius 3 is 2.68 bits per heavy atom. The van der Waals surface area contributed by atoms with E-state index in [1.54, 1.807) is 18.5 Å². The number of carbonyl (C=O) groups is 1. The van der Waals surface area contributed by atoms with Crippen molar-refractivity contribution in [1.82, 2.24) is 14.6 Å². The van der Waals surface area contributed by atoms with E-state index in [4.69, 9.17) is 10.1 Å². The maximum Gasteiger partial charge on any atom is 0.283 e. The van der Waals surface area contributed by atoms with Gasteiger partial charge in [0, 0.05) is 40.6 Å². The average molecular weight is 521 g/mol. The normalized spacial score (nSPS) is 16.2. The molecule has 2 aliphatic rings. The van der Waals surface area contributed by atoms with Crippen LogP contribution in [-0.4, -0.2) is 43.1 Å². The number of hydrogen-bond donors (Lipinski definition) is 1. The predicted octanol–water partition coefficient (Wildman–Crippen LogP) is 5.40. The Kier molecular flexibility index (Phi) is 6.13. The van der Waals surface area contributed by atoms with E-state index in [0.717, 1.165) is 27.8 Å². The van der Waals surface area contributed by atoms with Crippen molar-refractivity contribution in [2.24, 2.45) is 10.1 Å². The van der Waals surface area contributed by atoms with Crippen molar-refractivity contribution in [3.8, 4) is 5.75 Å². The molecule has 6 rings (SSSR count). The number of hydrogen-bond acceptors (Lipinski definition) is 6. The van der Waals surface area contributed by atoms with Gasteiger partial charge >= 0.3 is 0 Å². The number of aromatic nitrogens is 2. The van der Waals surface area contributed by atoms with Gasteiger partial charge in [0.25, 0.3) is 5.91 Å². The topological polar surface area (TPSA) is 95.9 Å². The predicted molar refractivity (Wildman–Crippen MR) is 152 cm³/mol. The summed E-state index contributed by atoms with van der Waals surface area (Å²) >= 11 is 1.26. The van der Waals surface area contributed by atoms with Crippen molar-refractivity contribution in [1.29, 1.82) is 5.41 Å². The van der Waals surface area contributed by atoms with Crippen molar-refractivity contribution in [3.63, 3.8) is 0 Å². The number of carbonyl (C=O) groups excluding carboxylic acids is 1. The van der Waals surface area contributed by atoms with Gasteiger partial charge in [-0.1, -0.05) is 24.3 Å². The highest BCUT2D eigenvalue weighted by Crippen LogP contribution is 2.32. The Morgan fingerprint density at radius 1 is 1.08 bits per heavy atom. The molecule has 188 valence electrons. The van der Waals surface area contributed by atoms with E-state index in [1.165, 1.54) is 27.9 Å². The first-order chi connectivity index (χ1) is 18.5. The van der Waals surface area contributed by atoms with Crippen LogP contribution in [0.25, 0.3) is 17.0 Å². The zero-order valence-corrected chi connectivity index (χ0v) is 21.7. The fourth-order valence-electron chi connectivity index (χ4n) is 4.61. The summed E-state index contributed by atoms with van der Waals surface area (Å²) in [6, 6.07) is 17.9. The van der Waals surface area contributed by atoms with E-state index in [9.17, 15) is 4.79 Å². The molecule has 0 unspecified atom stereocenters. The lowest BCUT2D eigenvalue weighted by Gasteiger charge is -2.20. The minimum atomic E-state index is -0.452. The summed E-state index contributed by atoms with van der Waals surface area (Å²) in [7, 11) is 0. The van der Waals surface area contributed by atoms with E-state index in [2.05, 4.69) is 39.6 Å². The van der Waals surface area contributed by atoms with Gasteiger partial charge in [-0.2, -0.15) is 15.1 Å². The lowest BCUT2D eigenvalue weighted by atomic mass is 10.1. The van der Waals surface area contributed by atoms with Gasteiger partial charge in [0.05, 0.1) is 12.1 Å². The molecular weight excluding hydrogens is 496 g/mol. The van der Waals surface area contributed by atoms with Crippen molar-refractivity contribution < 1.29 is 9.53 Å². The smallest absolute Gasteiger partial charge is 0.283 e. The Labute approximate surface area is 223 Å². The quantitative estimate of drug-likeness (QED) is 0.344. The summed E-state index contributed by atoms with van der Waals surface area (Å²) in [6.07, 6.45) is 7.11. The van der Waals surface area contributed by atoms with Crippen molar-refractivity contribution in [2.75, 3.05) is 6.61 Å². The van der Waals surface area contributed by atoms with E-state index >= 15 is 0 Å². The summed E-state index contributed by atoms with van der Waals surface area (Å²) in [4.78, 5) is 21.4. The first kappa shape index (κ1) is 23.9. The number of pyridine rings is 1. The van der Waals surface area contributed by atoms with Gasteiger partial charge in [0.1, 0.15) is 17.4 Å². The Hall–Kier alpha value is -4.50. The van der Waals surface area contributed by atoms with Crippen molar-refractivity contribution >= 4 is 50.7 Å². The minimum absolute atomic E-state index is 0.00127. The molecule has 2 aromatic carbocycles. The highest BCUT2D eigenvalue weighted by Gasteiger charge is 2.36. The second kappa shape index (κ2) is 9.75. The van der Waals surface area contributed by atoms with Crippen LogP contribution in [0, 0.1) is 19.3 Å². The molecular formula is C29H24N6O2S. The Balaban J connectivity index is 1.28. The second-order valence-corrected chi connectivity index (χ2v) is 10.1. The SMILES string of the molecule is Cc1cc(C)cc(OCCn2cc(/C=C3/C(=N)N4N=C(c5cccnc5)SC4=NC3=O)c3ccccc32)c1. The molecule has 0 atom stereocenters. The van der Waals surface area contributed by atoms with Crippen LogP contribution in [0.2, 0.25) is 0 Å². The maximum absolute atomic E-state index is 13.0. The Bertz CT molecular complexity index is 1670. The van der Waals surface area contributed by atoms with Gasteiger partial charge in [-0.05, 0) is 73.1 Å². The molecule has 0 saturated carbocycles. The van der Waals surface area contributed by atoms with Crippen LogP contribution in [0.3, 0.4) is 0 Å². The number of fused-ring (bicyclic) bond motifs is 2. The highest BCUT2D eigenvalue weighted by molar-refractivity contribution is 8.27. The fraction of sp³-hybridized carbons (Fsp3) is 0.138. The number of para-hydroxylation sites is 1. The number of nitrogens with one attached hydrogen (secondary N) is 1. The highest BCUT2D eigenvalue weighted by atomic mass is 32.2. The Morgan fingerprint density at radius 2 is 1.89 bits per heavy atom. The summed E-state index contributed by atoms with van der Waals surface area (Å²) < 4.78 is 8.15. The van der Waals surface area contributed by atoms with Gasteiger partial charge in [0.2, 0.25) is 5.17 Å². The van der Waals surface area contributed by atoms with E-state index < -0.39 is 5.91 Å². The third-order valence-electron chi connectivity index (χ3n) is 6.28. The van der Waals surface area contributed by atoms with E-state index in [-0.39, 0.29) is 11.4 Å². The minimum Gasteiger partial charge on any atom is -0.492 e. The van der Waals surface area contributed by atoms with E-state index in [1.807, 2.05) is 54.7 Å². The summed E-state index contributed by atoms with van der Waals surface area (Å²) in [5.74, 6) is 0.402. The largest absolute Gasteiger partial charge is 0.492 e. The number of amidine groups is 2. The molecule has 2 aromatic heterocycles. The van der Waals surface area contributed by atoms with Crippen LogP contribution >= 0.6 is 11.8 Å². The lowest BCUT2D eigenvalue weighted by molar-refractivity contribution is -0.114. The molecule has 0 bridgehead atoms. The maximum atomic E-state index is 13.0. The zero-order chi connectivity index (χ0) is 26.2. The number of rotatable bonds is 6. The van der Waals surface area contributed by atoms with Crippen molar-refractivity contribution in [2.45, 2.75) is 20.4 Å². The fourth-order valence-corrected chi connectivity index (χ4v) is 5.49. The summed E-state index contributed by atoms with van der Waals surface area (Å²) in [5, 5.41) is 16.7. The molecule has 0 radical (unpaired) electrons. The van der Waals surface area contributed by atoms with Crippen LogP contribution in [0.5, 0.6) is 5.75 Å². The standard InChI is InChI=1S/C29H24N6O2S/c1-18-12-19(2)14-22(13-18)37-11-10-34-17-21(23-7-3-4-8-25(23)34)15-24-26(30)35-29(32-27(24)36)38-28(33-35)20-6-5-9-31-16-20/h3-9,12-17,30H,10-11H2,1-2H3/b24-15-,30-26?. The molecule has 9 heteroatoms. The van der Waals surface area contributed by atoms with Gasteiger partial charge in [-0.25, -0.2) is 0 Å². The first-order valence-electron chi connectivity index (χ1n) is 12.2. The second-order valence-electron chi connectivity index (χ2n) is 9.13. The zero-order valence-electron chi connectivity index (χ0n) is 20.9. The number of ether oxygens (including phenoxy) is 1. The molecule has 0 spiro atoms. The molecule has 38 heavy (non-hydrogen) atoms. The van der Waals surface area contributed by atoms with Crippen LogP contribution in [-0.2, 0) is 11.3 Å². The first-order valence-corrected chi connectivity index (χ1v) is 13.0.